The summed E-state index contributed by atoms with van der Waals surface area (Å²) in [6.07, 6.45) is 0.349. The molecule has 0 radical (unpaired) electrons. The molecule has 0 spiro atoms. The van der Waals surface area contributed by atoms with Crippen molar-refractivity contribution >= 4 is 12.0 Å². The number of aliphatic carboxylic acids is 1. The predicted molar refractivity (Wildman–Crippen MR) is 73.0 cm³/mol. The molecule has 0 aromatic heterocycles. The first kappa shape index (κ1) is 15.0. The SMILES string of the molecule is CC[C@H](NC(=O)NC(C)c1ccc(C)cc1)C(=O)O. The van der Waals surface area contributed by atoms with Crippen molar-refractivity contribution in [1.29, 1.82) is 0 Å². The summed E-state index contributed by atoms with van der Waals surface area (Å²) in [5.41, 5.74) is 2.13. The summed E-state index contributed by atoms with van der Waals surface area (Å²) < 4.78 is 0. The molecule has 0 aliphatic rings. The van der Waals surface area contributed by atoms with E-state index in [1.165, 1.54) is 0 Å². The first-order chi connectivity index (χ1) is 8.93. The van der Waals surface area contributed by atoms with E-state index in [9.17, 15) is 9.59 Å². The Morgan fingerprint density at radius 2 is 1.79 bits per heavy atom. The molecule has 1 aromatic carbocycles. The maximum Gasteiger partial charge on any atom is 0.326 e. The maximum atomic E-state index is 11.7. The summed E-state index contributed by atoms with van der Waals surface area (Å²) in [5, 5.41) is 14.0. The van der Waals surface area contributed by atoms with Crippen LogP contribution in [0.5, 0.6) is 0 Å². The summed E-state index contributed by atoms with van der Waals surface area (Å²) >= 11 is 0. The lowest BCUT2D eigenvalue weighted by molar-refractivity contribution is -0.139. The normalized spacial score (nSPS) is 13.4. The predicted octanol–water partition coefficient (Wildman–Crippen LogP) is 2.22. The highest BCUT2D eigenvalue weighted by Crippen LogP contribution is 2.12. The number of aryl methyl sites for hydroxylation is 1. The highest BCUT2D eigenvalue weighted by atomic mass is 16.4. The summed E-state index contributed by atoms with van der Waals surface area (Å²) in [6.45, 7) is 5.56. The van der Waals surface area contributed by atoms with Crippen LogP contribution >= 0.6 is 0 Å². The first-order valence-corrected chi connectivity index (χ1v) is 6.30. The number of benzene rings is 1. The Labute approximate surface area is 113 Å². The highest BCUT2D eigenvalue weighted by molar-refractivity contribution is 5.82. The number of hydrogen-bond donors (Lipinski definition) is 3. The van der Waals surface area contributed by atoms with Crippen LogP contribution in [0.3, 0.4) is 0 Å². The van der Waals surface area contributed by atoms with Gasteiger partial charge in [-0.25, -0.2) is 9.59 Å². The zero-order valence-corrected chi connectivity index (χ0v) is 11.4. The Hall–Kier alpha value is -2.04. The second-order valence-electron chi connectivity index (χ2n) is 4.55. The van der Waals surface area contributed by atoms with E-state index in [2.05, 4.69) is 10.6 Å². The third-order valence-electron chi connectivity index (χ3n) is 2.94. The largest absolute Gasteiger partial charge is 0.480 e. The van der Waals surface area contributed by atoms with Crippen LogP contribution in [0, 0.1) is 6.92 Å². The van der Waals surface area contributed by atoms with Gasteiger partial charge in [0.1, 0.15) is 6.04 Å². The van der Waals surface area contributed by atoms with E-state index in [1.54, 1.807) is 6.92 Å². The van der Waals surface area contributed by atoms with Crippen molar-refractivity contribution in [2.24, 2.45) is 0 Å². The number of carbonyl (C=O) groups excluding carboxylic acids is 1. The maximum absolute atomic E-state index is 11.7. The number of carbonyl (C=O) groups is 2. The Morgan fingerprint density at radius 3 is 2.26 bits per heavy atom. The fourth-order valence-corrected chi connectivity index (χ4v) is 1.67. The standard InChI is InChI=1S/C14H20N2O3/c1-4-12(13(17)18)16-14(19)15-10(3)11-7-5-9(2)6-8-11/h5-8,10,12H,4H2,1-3H3,(H,17,18)(H2,15,16,19)/t10?,12-/m0/s1. The van der Waals surface area contributed by atoms with Gasteiger partial charge < -0.3 is 15.7 Å². The smallest absolute Gasteiger partial charge is 0.326 e. The van der Waals surface area contributed by atoms with E-state index in [-0.39, 0.29) is 6.04 Å². The van der Waals surface area contributed by atoms with Gasteiger partial charge >= 0.3 is 12.0 Å². The second-order valence-corrected chi connectivity index (χ2v) is 4.55. The molecule has 104 valence electrons. The molecule has 2 atom stereocenters. The molecule has 5 nitrogen and oxygen atoms in total. The molecule has 1 aromatic rings. The Morgan fingerprint density at radius 1 is 1.21 bits per heavy atom. The van der Waals surface area contributed by atoms with Crippen LogP contribution in [-0.4, -0.2) is 23.1 Å². The van der Waals surface area contributed by atoms with Gasteiger partial charge in [0.2, 0.25) is 0 Å². The molecule has 0 aliphatic heterocycles. The van der Waals surface area contributed by atoms with E-state index in [0.717, 1.165) is 11.1 Å². The monoisotopic (exact) mass is 264 g/mol. The first-order valence-electron chi connectivity index (χ1n) is 6.30. The lowest BCUT2D eigenvalue weighted by atomic mass is 10.1. The van der Waals surface area contributed by atoms with Crippen molar-refractivity contribution in [1.82, 2.24) is 10.6 Å². The number of rotatable bonds is 5. The Kier molecular flexibility index (Phi) is 5.36. The van der Waals surface area contributed by atoms with Crippen molar-refractivity contribution in [2.75, 3.05) is 0 Å². The topological polar surface area (TPSA) is 78.4 Å². The average Bonchev–Trinajstić information content (AvgIpc) is 2.36. The molecule has 3 N–H and O–H groups in total. The quantitative estimate of drug-likeness (QED) is 0.763. The van der Waals surface area contributed by atoms with Crippen LogP contribution in [0.25, 0.3) is 0 Å². The zero-order valence-electron chi connectivity index (χ0n) is 11.4. The molecule has 0 saturated carbocycles. The average molecular weight is 264 g/mol. The number of carboxylic acids is 1. The molecule has 0 fully saturated rings. The van der Waals surface area contributed by atoms with Crippen molar-refractivity contribution in [2.45, 2.75) is 39.3 Å². The van der Waals surface area contributed by atoms with Crippen molar-refractivity contribution < 1.29 is 14.7 Å². The van der Waals surface area contributed by atoms with Gasteiger partial charge in [0.15, 0.2) is 0 Å². The van der Waals surface area contributed by atoms with Gasteiger partial charge in [-0.15, -0.1) is 0 Å². The highest BCUT2D eigenvalue weighted by Gasteiger charge is 2.18. The fraction of sp³-hybridized carbons (Fsp3) is 0.429. The summed E-state index contributed by atoms with van der Waals surface area (Å²) in [6, 6.07) is 6.32. The number of amides is 2. The number of carboxylic acid groups (broad SMARTS) is 1. The minimum atomic E-state index is -1.03. The lowest BCUT2D eigenvalue weighted by Gasteiger charge is -2.18. The molecule has 0 bridgehead atoms. The zero-order chi connectivity index (χ0) is 14.4. The molecule has 1 unspecified atom stereocenters. The third-order valence-corrected chi connectivity index (χ3v) is 2.94. The molecule has 5 heteroatoms. The van der Waals surface area contributed by atoms with Gasteiger partial charge in [-0.05, 0) is 25.8 Å². The number of urea groups is 1. The molecule has 19 heavy (non-hydrogen) atoms. The summed E-state index contributed by atoms with van der Waals surface area (Å²) in [4.78, 5) is 22.5. The molecular formula is C14H20N2O3. The summed E-state index contributed by atoms with van der Waals surface area (Å²) in [7, 11) is 0. The van der Waals surface area contributed by atoms with E-state index in [0.29, 0.717) is 6.42 Å². The Balaban J connectivity index is 2.56. The van der Waals surface area contributed by atoms with Crippen LogP contribution < -0.4 is 10.6 Å². The molecular weight excluding hydrogens is 244 g/mol. The number of hydrogen-bond acceptors (Lipinski definition) is 2. The minimum Gasteiger partial charge on any atom is -0.480 e. The molecule has 0 heterocycles. The van der Waals surface area contributed by atoms with Crippen molar-refractivity contribution in [3.63, 3.8) is 0 Å². The third kappa shape index (κ3) is 4.62. The van der Waals surface area contributed by atoms with Crippen LogP contribution in [-0.2, 0) is 4.79 Å². The van der Waals surface area contributed by atoms with Crippen molar-refractivity contribution in [3.05, 3.63) is 35.4 Å². The van der Waals surface area contributed by atoms with E-state index in [4.69, 9.17) is 5.11 Å². The summed E-state index contributed by atoms with van der Waals surface area (Å²) in [5.74, 6) is -1.03. The van der Waals surface area contributed by atoms with Gasteiger partial charge in [-0.1, -0.05) is 36.8 Å². The van der Waals surface area contributed by atoms with E-state index < -0.39 is 18.0 Å². The lowest BCUT2D eigenvalue weighted by Crippen LogP contribution is -2.46. The van der Waals surface area contributed by atoms with Gasteiger partial charge in [0, 0.05) is 0 Å². The minimum absolute atomic E-state index is 0.174. The molecule has 0 aliphatic carbocycles. The van der Waals surface area contributed by atoms with Gasteiger partial charge in [-0.3, -0.25) is 0 Å². The second kappa shape index (κ2) is 6.78. The Bertz CT molecular complexity index is 443. The molecule has 0 saturated heterocycles. The van der Waals surface area contributed by atoms with Crippen LogP contribution in [0.4, 0.5) is 4.79 Å². The van der Waals surface area contributed by atoms with E-state index in [1.807, 2.05) is 38.1 Å². The van der Waals surface area contributed by atoms with E-state index >= 15 is 0 Å². The molecule has 1 rings (SSSR count). The fourth-order valence-electron chi connectivity index (χ4n) is 1.67. The van der Waals surface area contributed by atoms with Crippen molar-refractivity contribution in [3.8, 4) is 0 Å². The van der Waals surface area contributed by atoms with Crippen LogP contribution in [0.2, 0.25) is 0 Å². The van der Waals surface area contributed by atoms with Crippen LogP contribution in [0.15, 0.2) is 24.3 Å². The molecule has 2 amide bonds. The van der Waals surface area contributed by atoms with Gasteiger partial charge in [0.25, 0.3) is 0 Å². The van der Waals surface area contributed by atoms with Gasteiger partial charge in [0.05, 0.1) is 6.04 Å². The van der Waals surface area contributed by atoms with Gasteiger partial charge in [-0.2, -0.15) is 0 Å². The van der Waals surface area contributed by atoms with Crippen LogP contribution in [0.1, 0.15) is 37.4 Å². The number of nitrogens with one attached hydrogen (secondary N) is 2.